The number of carbonyl (C=O) groups is 3. The molecule has 21 heavy (non-hydrogen) atoms. The zero-order chi connectivity index (χ0) is 16.0. The second kappa shape index (κ2) is 7.64. The fourth-order valence-corrected chi connectivity index (χ4v) is 1.92. The fourth-order valence-electron chi connectivity index (χ4n) is 1.75. The van der Waals surface area contributed by atoms with Gasteiger partial charge in [-0.05, 0) is 30.5 Å². The van der Waals surface area contributed by atoms with Crippen molar-refractivity contribution in [2.75, 3.05) is 5.32 Å². The Morgan fingerprint density at radius 1 is 1.29 bits per heavy atom. The predicted octanol–water partition coefficient (Wildman–Crippen LogP) is 2.80. The lowest BCUT2D eigenvalue weighted by Gasteiger charge is -2.11. The fraction of sp³-hybridized carbons (Fsp3) is 0.357. The quantitative estimate of drug-likeness (QED) is 0.779. The molecule has 7 heteroatoms. The van der Waals surface area contributed by atoms with E-state index in [1.807, 2.05) is 0 Å². The lowest BCUT2D eigenvalue weighted by atomic mass is 10.0. The van der Waals surface area contributed by atoms with Crippen molar-refractivity contribution in [2.45, 2.75) is 26.7 Å². The maximum Gasteiger partial charge on any atom is 0.325 e. The average Bonchev–Trinajstić information content (AvgIpc) is 2.32. The van der Waals surface area contributed by atoms with Gasteiger partial charge in [0.1, 0.15) is 0 Å². The number of urea groups is 1. The second-order valence-corrected chi connectivity index (χ2v) is 5.31. The van der Waals surface area contributed by atoms with Gasteiger partial charge in [0.15, 0.2) is 0 Å². The molecule has 0 spiro atoms. The monoisotopic (exact) mass is 312 g/mol. The van der Waals surface area contributed by atoms with E-state index in [-0.39, 0.29) is 18.8 Å². The Hall–Kier alpha value is -2.08. The molecule has 1 unspecified atom stereocenters. The number of imide groups is 1. The average molecular weight is 313 g/mol. The van der Waals surface area contributed by atoms with Crippen LogP contribution in [0.2, 0.25) is 5.02 Å². The largest absolute Gasteiger partial charge is 0.481 e. The Bertz CT molecular complexity index is 560. The summed E-state index contributed by atoms with van der Waals surface area (Å²) >= 11 is 5.83. The minimum absolute atomic E-state index is 0.0335. The molecule has 1 aromatic rings. The van der Waals surface area contributed by atoms with E-state index in [4.69, 9.17) is 16.7 Å². The summed E-state index contributed by atoms with van der Waals surface area (Å²) in [6.45, 7) is 3.43. The van der Waals surface area contributed by atoms with Gasteiger partial charge in [-0.1, -0.05) is 24.6 Å². The van der Waals surface area contributed by atoms with Crippen LogP contribution in [0.4, 0.5) is 10.5 Å². The van der Waals surface area contributed by atoms with Crippen molar-refractivity contribution < 1.29 is 19.5 Å². The molecule has 0 fully saturated rings. The Kier molecular flexibility index (Phi) is 6.17. The van der Waals surface area contributed by atoms with Crippen LogP contribution in [-0.2, 0) is 9.59 Å². The SMILES string of the molecule is Cc1ccc(Cl)cc1NC(=O)NC(=O)CC(C)CC(=O)O. The zero-order valence-electron chi connectivity index (χ0n) is 11.8. The van der Waals surface area contributed by atoms with Crippen molar-refractivity contribution >= 4 is 35.2 Å². The first-order valence-electron chi connectivity index (χ1n) is 6.36. The number of aryl methyl sites for hydroxylation is 1. The summed E-state index contributed by atoms with van der Waals surface area (Å²) in [5, 5.41) is 13.8. The molecule has 1 atom stereocenters. The van der Waals surface area contributed by atoms with E-state index in [1.165, 1.54) is 0 Å². The van der Waals surface area contributed by atoms with Crippen LogP contribution in [-0.4, -0.2) is 23.0 Å². The lowest BCUT2D eigenvalue weighted by molar-refractivity contribution is -0.138. The first kappa shape index (κ1) is 17.0. The van der Waals surface area contributed by atoms with Crippen LogP contribution in [0.15, 0.2) is 18.2 Å². The van der Waals surface area contributed by atoms with Gasteiger partial charge in [-0.15, -0.1) is 0 Å². The van der Waals surface area contributed by atoms with E-state index in [9.17, 15) is 14.4 Å². The van der Waals surface area contributed by atoms with Crippen LogP contribution in [0.3, 0.4) is 0 Å². The molecular formula is C14H17ClN2O4. The van der Waals surface area contributed by atoms with Crippen molar-refractivity contribution in [3.63, 3.8) is 0 Å². The molecule has 1 aromatic carbocycles. The number of hydrogen-bond donors (Lipinski definition) is 3. The van der Waals surface area contributed by atoms with Gasteiger partial charge < -0.3 is 10.4 Å². The van der Waals surface area contributed by atoms with Crippen LogP contribution >= 0.6 is 11.6 Å². The van der Waals surface area contributed by atoms with Gasteiger partial charge in [0.05, 0.1) is 0 Å². The molecule has 0 saturated heterocycles. The van der Waals surface area contributed by atoms with E-state index < -0.39 is 17.9 Å². The van der Waals surface area contributed by atoms with Crippen LogP contribution in [0.5, 0.6) is 0 Å². The molecule has 3 N–H and O–H groups in total. The molecule has 114 valence electrons. The van der Waals surface area contributed by atoms with E-state index in [2.05, 4.69) is 10.6 Å². The smallest absolute Gasteiger partial charge is 0.325 e. The standard InChI is InChI=1S/C14H17ClN2O4/c1-8(6-13(19)20)5-12(18)17-14(21)16-11-7-10(15)4-3-9(11)2/h3-4,7-8H,5-6H2,1-2H3,(H,19,20)(H2,16,17,18,21). The summed E-state index contributed by atoms with van der Waals surface area (Å²) in [5.74, 6) is -1.85. The third kappa shape index (κ3) is 6.27. The van der Waals surface area contributed by atoms with Crippen molar-refractivity contribution in [1.29, 1.82) is 0 Å². The van der Waals surface area contributed by atoms with Crippen molar-refractivity contribution in [2.24, 2.45) is 5.92 Å². The highest BCUT2D eigenvalue weighted by molar-refractivity contribution is 6.31. The molecule has 0 aliphatic carbocycles. The maximum absolute atomic E-state index is 11.7. The molecule has 0 saturated carbocycles. The summed E-state index contributed by atoms with van der Waals surface area (Å²) in [4.78, 5) is 33.8. The number of benzene rings is 1. The number of nitrogens with one attached hydrogen (secondary N) is 2. The van der Waals surface area contributed by atoms with Crippen molar-refractivity contribution in [3.05, 3.63) is 28.8 Å². The highest BCUT2D eigenvalue weighted by Gasteiger charge is 2.15. The summed E-state index contributed by atoms with van der Waals surface area (Å²) in [6, 6.07) is 4.34. The van der Waals surface area contributed by atoms with Crippen LogP contribution < -0.4 is 10.6 Å². The molecule has 0 radical (unpaired) electrons. The first-order valence-corrected chi connectivity index (χ1v) is 6.74. The molecule has 0 aliphatic heterocycles. The van der Waals surface area contributed by atoms with Gasteiger partial charge in [-0.3, -0.25) is 14.9 Å². The summed E-state index contributed by atoms with van der Waals surface area (Å²) < 4.78 is 0. The molecule has 6 nitrogen and oxygen atoms in total. The number of aliphatic carboxylic acids is 1. The molecule has 0 aromatic heterocycles. The molecule has 0 bridgehead atoms. The molecule has 3 amide bonds. The van der Waals surface area contributed by atoms with E-state index in [1.54, 1.807) is 32.0 Å². The topological polar surface area (TPSA) is 95.5 Å². The van der Waals surface area contributed by atoms with E-state index in [0.717, 1.165) is 5.56 Å². The molecule has 0 aliphatic rings. The highest BCUT2D eigenvalue weighted by Crippen LogP contribution is 2.19. The molecular weight excluding hydrogens is 296 g/mol. The number of amides is 3. The summed E-state index contributed by atoms with van der Waals surface area (Å²) in [6.07, 6.45) is -0.156. The summed E-state index contributed by atoms with van der Waals surface area (Å²) in [7, 11) is 0. The van der Waals surface area contributed by atoms with E-state index >= 15 is 0 Å². The minimum Gasteiger partial charge on any atom is -0.481 e. The molecule has 0 heterocycles. The van der Waals surface area contributed by atoms with Gasteiger partial charge in [0.2, 0.25) is 5.91 Å². The number of carbonyl (C=O) groups excluding carboxylic acids is 2. The highest BCUT2D eigenvalue weighted by atomic mass is 35.5. The minimum atomic E-state index is -0.977. The van der Waals surface area contributed by atoms with Crippen molar-refractivity contribution in [1.82, 2.24) is 5.32 Å². The Morgan fingerprint density at radius 2 is 1.95 bits per heavy atom. The Labute approximate surface area is 127 Å². The molecule has 1 rings (SSSR count). The summed E-state index contributed by atoms with van der Waals surface area (Å²) in [5.41, 5.74) is 1.31. The number of carboxylic acids is 1. The third-order valence-electron chi connectivity index (χ3n) is 2.76. The van der Waals surface area contributed by atoms with Gasteiger partial charge in [0.25, 0.3) is 0 Å². The van der Waals surface area contributed by atoms with Crippen molar-refractivity contribution in [3.8, 4) is 0 Å². The number of rotatable bonds is 5. The Morgan fingerprint density at radius 3 is 2.57 bits per heavy atom. The lowest BCUT2D eigenvalue weighted by Crippen LogP contribution is -2.35. The predicted molar refractivity (Wildman–Crippen MR) is 79.4 cm³/mol. The third-order valence-corrected chi connectivity index (χ3v) is 2.99. The van der Waals surface area contributed by atoms with Gasteiger partial charge in [0, 0.05) is 23.6 Å². The van der Waals surface area contributed by atoms with Gasteiger partial charge >= 0.3 is 12.0 Å². The second-order valence-electron chi connectivity index (χ2n) is 4.87. The number of anilines is 1. The van der Waals surface area contributed by atoms with Crippen LogP contribution in [0.25, 0.3) is 0 Å². The van der Waals surface area contributed by atoms with Gasteiger partial charge in [-0.25, -0.2) is 4.79 Å². The Balaban J connectivity index is 2.51. The van der Waals surface area contributed by atoms with Gasteiger partial charge in [-0.2, -0.15) is 0 Å². The van der Waals surface area contributed by atoms with Crippen LogP contribution in [0.1, 0.15) is 25.3 Å². The maximum atomic E-state index is 11.7. The number of halogens is 1. The van der Waals surface area contributed by atoms with E-state index in [0.29, 0.717) is 10.7 Å². The number of hydrogen-bond acceptors (Lipinski definition) is 3. The first-order chi connectivity index (χ1) is 9.77. The zero-order valence-corrected chi connectivity index (χ0v) is 12.5. The number of carboxylic acid groups (broad SMARTS) is 1. The normalized spacial score (nSPS) is 11.6. The van der Waals surface area contributed by atoms with Crippen LogP contribution in [0, 0.1) is 12.8 Å².